The van der Waals surface area contributed by atoms with Gasteiger partial charge < -0.3 is 5.32 Å². The van der Waals surface area contributed by atoms with Crippen molar-refractivity contribution in [2.75, 3.05) is 18.1 Å². The highest BCUT2D eigenvalue weighted by molar-refractivity contribution is 7.99. The normalized spacial score (nSPS) is 10.7. The first-order valence-corrected chi connectivity index (χ1v) is 7.14. The maximum atomic E-state index is 3.46. The van der Waals surface area contributed by atoms with Gasteiger partial charge in [0.2, 0.25) is 0 Å². The zero-order chi connectivity index (χ0) is 10.2. The smallest absolute Gasteiger partial charge is 0.0300 e. The van der Waals surface area contributed by atoms with Gasteiger partial charge in [-0.05, 0) is 31.2 Å². The van der Waals surface area contributed by atoms with Gasteiger partial charge in [-0.1, -0.05) is 6.92 Å². The standard InChI is InChI=1S/C11H19NS2/c1-3-7-13-8-6-12-9-11-5-4-10(2)14-11/h4-5,12H,3,6-9H2,1-2H3. The highest BCUT2D eigenvalue weighted by atomic mass is 32.2. The molecule has 1 N–H and O–H groups in total. The Hall–Kier alpha value is 0.01000. The molecule has 0 fully saturated rings. The maximum absolute atomic E-state index is 3.46. The van der Waals surface area contributed by atoms with Crippen molar-refractivity contribution in [1.29, 1.82) is 0 Å². The van der Waals surface area contributed by atoms with Crippen LogP contribution in [-0.4, -0.2) is 18.1 Å². The molecule has 0 aliphatic heterocycles. The van der Waals surface area contributed by atoms with E-state index in [1.807, 2.05) is 23.1 Å². The van der Waals surface area contributed by atoms with Crippen LogP contribution in [0.4, 0.5) is 0 Å². The summed E-state index contributed by atoms with van der Waals surface area (Å²) in [5, 5.41) is 3.46. The highest BCUT2D eigenvalue weighted by Gasteiger charge is 1.95. The Bertz CT molecular complexity index is 245. The lowest BCUT2D eigenvalue weighted by molar-refractivity contribution is 0.741. The van der Waals surface area contributed by atoms with E-state index in [4.69, 9.17) is 0 Å². The summed E-state index contributed by atoms with van der Waals surface area (Å²) in [7, 11) is 0. The molecule has 0 unspecified atom stereocenters. The summed E-state index contributed by atoms with van der Waals surface area (Å²) in [6.45, 7) is 6.55. The number of hydrogen-bond donors (Lipinski definition) is 1. The molecule has 0 aliphatic carbocycles. The number of thiophene rings is 1. The summed E-state index contributed by atoms with van der Waals surface area (Å²) < 4.78 is 0. The highest BCUT2D eigenvalue weighted by Crippen LogP contribution is 2.14. The molecule has 0 aromatic carbocycles. The molecule has 1 aromatic rings. The van der Waals surface area contributed by atoms with Gasteiger partial charge in [0, 0.05) is 28.6 Å². The molecule has 0 amide bonds. The molecule has 1 rings (SSSR count). The van der Waals surface area contributed by atoms with E-state index in [1.165, 1.54) is 27.7 Å². The molecule has 1 heterocycles. The largest absolute Gasteiger partial charge is 0.311 e. The van der Waals surface area contributed by atoms with Crippen molar-refractivity contribution in [3.05, 3.63) is 21.9 Å². The molecular weight excluding hydrogens is 210 g/mol. The van der Waals surface area contributed by atoms with Gasteiger partial charge in [-0.3, -0.25) is 0 Å². The van der Waals surface area contributed by atoms with E-state index in [2.05, 4.69) is 31.3 Å². The van der Waals surface area contributed by atoms with Crippen LogP contribution in [-0.2, 0) is 6.54 Å². The molecule has 0 saturated carbocycles. The number of aryl methyl sites for hydroxylation is 1. The topological polar surface area (TPSA) is 12.0 Å². The number of nitrogens with one attached hydrogen (secondary N) is 1. The van der Waals surface area contributed by atoms with E-state index in [-0.39, 0.29) is 0 Å². The second-order valence-electron chi connectivity index (χ2n) is 3.30. The van der Waals surface area contributed by atoms with E-state index in [9.17, 15) is 0 Å². The van der Waals surface area contributed by atoms with Crippen molar-refractivity contribution < 1.29 is 0 Å². The van der Waals surface area contributed by atoms with Gasteiger partial charge in [0.15, 0.2) is 0 Å². The van der Waals surface area contributed by atoms with Gasteiger partial charge in [0.1, 0.15) is 0 Å². The van der Waals surface area contributed by atoms with Gasteiger partial charge in [0.25, 0.3) is 0 Å². The summed E-state index contributed by atoms with van der Waals surface area (Å²) in [5.74, 6) is 2.53. The average molecular weight is 229 g/mol. The summed E-state index contributed by atoms with van der Waals surface area (Å²) in [4.78, 5) is 2.85. The Labute approximate surface area is 95.3 Å². The van der Waals surface area contributed by atoms with Crippen molar-refractivity contribution in [1.82, 2.24) is 5.32 Å². The lowest BCUT2D eigenvalue weighted by atomic mass is 10.4. The third kappa shape index (κ3) is 5.03. The minimum Gasteiger partial charge on any atom is -0.311 e. The Balaban J connectivity index is 1.99. The predicted molar refractivity (Wildman–Crippen MR) is 68.4 cm³/mol. The van der Waals surface area contributed by atoms with E-state index in [0.29, 0.717) is 0 Å². The van der Waals surface area contributed by atoms with E-state index in [1.54, 1.807) is 0 Å². The first-order chi connectivity index (χ1) is 6.83. The lowest BCUT2D eigenvalue weighted by Crippen LogP contribution is -2.15. The predicted octanol–water partition coefficient (Wildman–Crippen LogP) is 3.29. The minimum atomic E-state index is 1.03. The number of hydrogen-bond acceptors (Lipinski definition) is 3. The Morgan fingerprint density at radius 2 is 2.21 bits per heavy atom. The molecule has 0 saturated heterocycles. The Morgan fingerprint density at radius 1 is 1.36 bits per heavy atom. The summed E-state index contributed by atoms with van der Waals surface area (Å²) in [5.41, 5.74) is 0. The zero-order valence-corrected chi connectivity index (χ0v) is 10.6. The Kier molecular flexibility index (Phi) is 6.32. The third-order valence-electron chi connectivity index (χ3n) is 1.87. The number of rotatable bonds is 7. The molecule has 0 atom stereocenters. The van der Waals surface area contributed by atoms with Crippen LogP contribution in [0.1, 0.15) is 23.1 Å². The average Bonchev–Trinajstić information content (AvgIpc) is 2.58. The second-order valence-corrected chi connectivity index (χ2v) is 5.90. The van der Waals surface area contributed by atoms with Gasteiger partial charge in [-0.2, -0.15) is 11.8 Å². The monoisotopic (exact) mass is 229 g/mol. The van der Waals surface area contributed by atoms with Crippen molar-refractivity contribution >= 4 is 23.1 Å². The lowest BCUT2D eigenvalue weighted by Gasteiger charge is -2.02. The number of thioether (sulfide) groups is 1. The van der Waals surface area contributed by atoms with Gasteiger partial charge in [0.05, 0.1) is 0 Å². The summed E-state index contributed by atoms with van der Waals surface area (Å²) >= 11 is 3.92. The molecular formula is C11H19NS2. The van der Waals surface area contributed by atoms with Gasteiger partial charge in [-0.25, -0.2) is 0 Å². The molecule has 1 aromatic heterocycles. The summed E-state index contributed by atoms with van der Waals surface area (Å²) in [6.07, 6.45) is 1.29. The molecule has 0 spiro atoms. The zero-order valence-electron chi connectivity index (χ0n) is 9.01. The quantitative estimate of drug-likeness (QED) is 0.720. The van der Waals surface area contributed by atoms with Crippen LogP contribution < -0.4 is 5.32 Å². The molecule has 1 nitrogen and oxygen atoms in total. The van der Waals surface area contributed by atoms with Crippen LogP contribution in [0.5, 0.6) is 0 Å². The fourth-order valence-corrected chi connectivity index (χ4v) is 2.82. The summed E-state index contributed by atoms with van der Waals surface area (Å²) in [6, 6.07) is 4.40. The van der Waals surface area contributed by atoms with Crippen LogP contribution in [0.15, 0.2) is 12.1 Å². The molecule has 0 aliphatic rings. The van der Waals surface area contributed by atoms with Crippen LogP contribution in [0.2, 0.25) is 0 Å². The third-order valence-corrected chi connectivity index (χ3v) is 4.06. The van der Waals surface area contributed by atoms with E-state index < -0.39 is 0 Å². The Morgan fingerprint density at radius 3 is 2.86 bits per heavy atom. The second kappa shape index (κ2) is 7.32. The van der Waals surface area contributed by atoms with Crippen molar-refractivity contribution in [2.45, 2.75) is 26.8 Å². The molecule has 3 heteroatoms. The molecule has 80 valence electrons. The van der Waals surface area contributed by atoms with E-state index in [0.717, 1.165) is 13.1 Å². The fraction of sp³-hybridized carbons (Fsp3) is 0.636. The van der Waals surface area contributed by atoms with Crippen molar-refractivity contribution in [3.8, 4) is 0 Å². The van der Waals surface area contributed by atoms with E-state index >= 15 is 0 Å². The van der Waals surface area contributed by atoms with Crippen molar-refractivity contribution in [3.63, 3.8) is 0 Å². The van der Waals surface area contributed by atoms with Gasteiger partial charge in [-0.15, -0.1) is 11.3 Å². The first-order valence-electron chi connectivity index (χ1n) is 5.16. The molecule has 0 bridgehead atoms. The SMILES string of the molecule is CCCSCCNCc1ccc(C)s1. The van der Waals surface area contributed by atoms with Crippen LogP contribution in [0.25, 0.3) is 0 Å². The van der Waals surface area contributed by atoms with Crippen LogP contribution in [0.3, 0.4) is 0 Å². The molecule has 0 radical (unpaired) electrons. The first kappa shape index (κ1) is 12.1. The van der Waals surface area contributed by atoms with Crippen LogP contribution >= 0.6 is 23.1 Å². The van der Waals surface area contributed by atoms with Gasteiger partial charge >= 0.3 is 0 Å². The van der Waals surface area contributed by atoms with Crippen LogP contribution in [0, 0.1) is 6.92 Å². The van der Waals surface area contributed by atoms with Crippen molar-refractivity contribution in [2.24, 2.45) is 0 Å². The minimum absolute atomic E-state index is 1.03. The maximum Gasteiger partial charge on any atom is 0.0300 e. The molecule has 14 heavy (non-hydrogen) atoms. The fourth-order valence-electron chi connectivity index (χ4n) is 1.18.